The van der Waals surface area contributed by atoms with Crippen LogP contribution in [0.3, 0.4) is 0 Å². The summed E-state index contributed by atoms with van der Waals surface area (Å²) in [5.74, 6) is 1.32. The first-order valence-corrected chi connectivity index (χ1v) is 12.5. The molecule has 1 aliphatic heterocycles. The second kappa shape index (κ2) is 9.88. The predicted molar refractivity (Wildman–Crippen MR) is 131 cm³/mol. The number of carbonyl (C=O) groups excluding carboxylic acids is 1. The largest absolute Gasteiger partial charge is 0.491 e. The average molecular weight is 502 g/mol. The Bertz CT molecular complexity index is 1430. The highest BCUT2D eigenvalue weighted by Crippen LogP contribution is 2.37. The molecule has 1 aromatic carbocycles. The van der Waals surface area contributed by atoms with Crippen LogP contribution in [0.25, 0.3) is 10.9 Å². The molecule has 2 aromatic heterocycles. The van der Waals surface area contributed by atoms with Crippen molar-refractivity contribution in [3.63, 3.8) is 0 Å². The number of benzene rings is 1. The van der Waals surface area contributed by atoms with Gasteiger partial charge in [-0.15, -0.1) is 0 Å². The maximum absolute atomic E-state index is 12.8. The Hall–Kier alpha value is -3.71. The fraction of sp³-hybridized carbons (Fsp3) is 0.364. The van der Waals surface area contributed by atoms with Crippen molar-refractivity contribution in [2.24, 2.45) is 4.99 Å². The van der Waals surface area contributed by atoms with E-state index in [9.17, 15) is 13.2 Å². The van der Waals surface area contributed by atoms with E-state index < -0.39 is 15.9 Å². The van der Waals surface area contributed by atoms with Gasteiger partial charge in [0.05, 0.1) is 25.0 Å². The van der Waals surface area contributed by atoms with E-state index in [0.29, 0.717) is 42.3 Å². The van der Waals surface area contributed by atoms with Gasteiger partial charge in [-0.3, -0.25) is 9.36 Å². The number of ether oxygens (including phenoxy) is 2. The molecule has 0 unspecified atom stereocenters. The summed E-state index contributed by atoms with van der Waals surface area (Å²) in [6.07, 6.45) is 1.68. The molecule has 0 spiro atoms. The summed E-state index contributed by atoms with van der Waals surface area (Å²) in [6.45, 7) is 1.42. The smallest absolute Gasteiger partial charge is 0.281 e. The zero-order valence-electron chi connectivity index (χ0n) is 19.7. The minimum Gasteiger partial charge on any atom is -0.491 e. The third-order valence-electron chi connectivity index (χ3n) is 5.50. The summed E-state index contributed by atoms with van der Waals surface area (Å²) in [5, 5.41) is 4.09. The number of amides is 1. The lowest BCUT2D eigenvalue weighted by Crippen LogP contribution is -2.26. The molecule has 0 radical (unpaired) electrons. The number of sulfonamides is 1. The van der Waals surface area contributed by atoms with Crippen LogP contribution in [-0.2, 0) is 16.6 Å². The number of aromatic nitrogens is 3. The van der Waals surface area contributed by atoms with E-state index in [4.69, 9.17) is 15.2 Å². The number of nitrogens with one attached hydrogen (secondary N) is 1. The number of hydrogen-bond acceptors (Lipinski definition) is 9. The van der Waals surface area contributed by atoms with Gasteiger partial charge in [0.25, 0.3) is 5.91 Å². The Morgan fingerprint density at radius 1 is 1.29 bits per heavy atom. The first-order chi connectivity index (χ1) is 16.7. The minimum atomic E-state index is -3.31. The van der Waals surface area contributed by atoms with Gasteiger partial charge in [-0.05, 0) is 30.7 Å². The third kappa shape index (κ3) is 5.05. The standard InChI is InChI=1S/C22H27N7O5S/c1-28(2)35(31,32)12-4-11-34-16-7-6-15-18(19(16)33-3)26-22(29-10-9-24-20(15)29)27-21(30)14-5-8-17(23)25-13-14/h5-8,13,24H,4,9-12H2,1-3H3,(H2,23,25). The second-order valence-electron chi connectivity index (χ2n) is 8.02. The van der Waals surface area contributed by atoms with Crippen molar-refractivity contribution in [1.29, 1.82) is 0 Å². The number of hydrogen-bond donors (Lipinski definition) is 2. The van der Waals surface area contributed by atoms with Crippen LogP contribution in [0, 0.1) is 0 Å². The Kier molecular flexibility index (Phi) is 6.89. The molecule has 4 rings (SSSR count). The first kappa shape index (κ1) is 24.4. The van der Waals surface area contributed by atoms with E-state index >= 15 is 0 Å². The monoisotopic (exact) mass is 501 g/mol. The number of anilines is 2. The van der Waals surface area contributed by atoms with Crippen molar-refractivity contribution in [2.45, 2.75) is 13.0 Å². The summed E-state index contributed by atoms with van der Waals surface area (Å²) in [4.78, 5) is 25.6. The number of nitrogens with two attached hydrogens (primary N) is 1. The lowest BCUT2D eigenvalue weighted by Gasteiger charge is -2.15. The van der Waals surface area contributed by atoms with E-state index in [-0.39, 0.29) is 23.5 Å². The van der Waals surface area contributed by atoms with Crippen LogP contribution in [0.2, 0.25) is 0 Å². The maximum Gasteiger partial charge on any atom is 0.281 e. The summed E-state index contributed by atoms with van der Waals surface area (Å²) >= 11 is 0. The number of nitrogens with zero attached hydrogens (tertiary/aromatic N) is 5. The van der Waals surface area contributed by atoms with Gasteiger partial charge in [-0.1, -0.05) is 0 Å². The van der Waals surface area contributed by atoms with Gasteiger partial charge in [-0.2, -0.15) is 4.99 Å². The van der Waals surface area contributed by atoms with Crippen LogP contribution in [-0.4, -0.2) is 73.3 Å². The second-order valence-corrected chi connectivity index (χ2v) is 10.3. The quantitative estimate of drug-likeness (QED) is 0.428. The average Bonchev–Trinajstić information content (AvgIpc) is 3.32. The fourth-order valence-electron chi connectivity index (χ4n) is 3.64. The SMILES string of the molecule is COc1c(OCCCS(=O)(=O)N(C)C)ccc2c3n(c(=NC(=O)c4ccc(N)nc4)nc12)CCN3. The summed E-state index contributed by atoms with van der Waals surface area (Å²) in [7, 11) is 1.18. The fourth-order valence-corrected chi connectivity index (χ4v) is 4.49. The number of nitrogen functional groups attached to an aromatic ring is 1. The molecule has 0 aliphatic carbocycles. The van der Waals surface area contributed by atoms with Crippen molar-refractivity contribution >= 4 is 38.5 Å². The van der Waals surface area contributed by atoms with Crippen LogP contribution < -0.4 is 26.1 Å². The molecule has 3 N–H and O–H groups in total. The van der Waals surface area contributed by atoms with Crippen LogP contribution in [0.4, 0.5) is 11.6 Å². The number of carbonyl (C=O) groups is 1. The maximum atomic E-state index is 12.8. The molecule has 0 fully saturated rings. The van der Waals surface area contributed by atoms with Gasteiger partial charge in [0.2, 0.25) is 15.6 Å². The van der Waals surface area contributed by atoms with Crippen LogP contribution >= 0.6 is 0 Å². The normalized spacial score (nSPS) is 13.7. The molecule has 1 amide bonds. The number of rotatable bonds is 8. The molecule has 3 aromatic rings. The molecule has 186 valence electrons. The van der Waals surface area contributed by atoms with E-state index in [0.717, 1.165) is 11.2 Å². The third-order valence-corrected chi connectivity index (χ3v) is 7.42. The molecule has 0 saturated carbocycles. The number of pyridine rings is 1. The molecule has 1 aliphatic rings. The van der Waals surface area contributed by atoms with Crippen molar-refractivity contribution in [1.82, 2.24) is 18.8 Å². The molecule has 0 bridgehead atoms. The van der Waals surface area contributed by atoms with E-state index in [2.05, 4.69) is 20.3 Å². The van der Waals surface area contributed by atoms with Crippen LogP contribution in [0.1, 0.15) is 16.8 Å². The topological polar surface area (TPSA) is 154 Å². The van der Waals surface area contributed by atoms with Gasteiger partial charge < -0.3 is 20.5 Å². The van der Waals surface area contributed by atoms with Gasteiger partial charge >= 0.3 is 0 Å². The van der Waals surface area contributed by atoms with Gasteiger partial charge in [0.15, 0.2) is 11.5 Å². The van der Waals surface area contributed by atoms with Crippen molar-refractivity contribution < 1.29 is 22.7 Å². The summed E-state index contributed by atoms with van der Waals surface area (Å²) < 4.78 is 38.4. The minimum absolute atomic E-state index is 0.0344. The van der Waals surface area contributed by atoms with Gasteiger partial charge in [-0.25, -0.2) is 22.7 Å². The van der Waals surface area contributed by atoms with Crippen molar-refractivity contribution in [3.05, 3.63) is 41.6 Å². The van der Waals surface area contributed by atoms with Crippen LogP contribution in [0.15, 0.2) is 35.5 Å². The van der Waals surface area contributed by atoms with Gasteiger partial charge in [0.1, 0.15) is 17.2 Å². The Morgan fingerprint density at radius 2 is 2.09 bits per heavy atom. The van der Waals surface area contributed by atoms with Crippen molar-refractivity contribution in [3.8, 4) is 11.5 Å². The van der Waals surface area contributed by atoms with E-state index in [1.165, 1.54) is 37.8 Å². The predicted octanol–water partition coefficient (Wildman–Crippen LogP) is 0.849. The number of fused-ring (bicyclic) bond motifs is 3. The Labute approximate surface area is 202 Å². The Morgan fingerprint density at radius 3 is 2.77 bits per heavy atom. The van der Waals surface area contributed by atoms with Gasteiger partial charge in [0, 0.05) is 38.8 Å². The lowest BCUT2D eigenvalue weighted by molar-refractivity contribution is 0.0996. The molecular formula is C22H27N7O5S. The molecule has 12 nitrogen and oxygen atoms in total. The molecule has 13 heteroatoms. The molecular weight excluding hydrogens is 474 g/mol. The van der Waals surface area contributed by atoms with Crippen molar-refractivity contribution in [2.75, 3.05) is 51.2 Å². The molecule has 0 atom stereocenters. The lowest BCUT2D eigenvalue weighted by atomic mass is 10.2. The summed E-state index contributed by atoms with van der Waals surface area (Å²) in [5.41, 5.74) is 6.57. The number of methoxy groups -OCH3 is 1. The molecule has 3 heterocycles. The zero-order valence-corrected chi connectivity index (χ0v) is 20.5. The van der Waals surface area contributed by atoms with Crippen LogP contribution in [0.5, 0.6) is 11.5 Å². The highest BCUT2D eigenvalue weighted by Gasteiger charge is 2.21. The van der Waals surface area contributed by atoms with E-state index in [1.54, 1.807) is 12.1 Å². The highest BCUT2D eigenvalue weighted by molar-refractivity contribution is 7.89. The zero-order chi connectivity index (χ0) is 25.2. The first-order valence-electron chi connectivity index (χ1n) is 10.9. The Balaban J connectivity index is 1.70. The van der Waals surface area contributed by atoms with E-state index in [1.807, 2.05) is 10.6 Å². The molecule has 35 heavy (non-hydrogen) atoms. The summed E-state index contributed by atoms with van der Waals surface area (Å²) in [6, 6.07) is 6.69. The molecule has 0 saturated heterocycles. The highest BCUT2D eigenvalue weighted by atomic mass is 32.2.